The van der Waals surface area contributed by atoms with Gasteiger partial charge in [-0.05, 0) is 36.2 Å². The molecule has 0 spiro atoms. The molecule has 0 amide bonds. The normalized spacial score (nSPS) is 11.5. The maximum Gasteiger partial charge on any atom is 0.158 e. The first-order valence-electron chi connectivity index (χ1n) is 6.15. The summed E-state index contributed by atoms with van der Waals surface area (Å²) in [6.45, 7) is 1.95. The average molecular weight is 354 g/mol. The number of aryl methyl sites for hydroxylation is 1. The highest BCUT2D eigenvalue weighted by Crippen LogP contribution is 2.20. The minimum Gasteiger partial charge on any atom is -0.399 e. The molecule has 0 atom stereocenters. The van der Waals surface area contributed by atoms with E-state index >= 15 is 0 Å². The maximum absolute atomic E-state index is 12.2. The zero-order valence-corrected chi connectivity index (χ0v) is 13.5. The summed E-state index contributed by atoms with van der Waals surface area (Å²) in [6.07, 6.45) is 0. The van der Waals surface area contributed by atoms with Crippen molar-refractivity contribution in [3.63, 3.8) is 0 Å². The highest BCUT2D eigenvalue weighted by atomic mass is 79.9. The van der Waals surface area contributed by atoms with Gasteiger partial charge in [-0.3, -0.25) is 0 Å². The summed E-state index contributed by atoms with van der Waals surface area (Å²) in [4.78, 5) is 0. The summed E-state index contributed by atoms with van der Waals surface area (Å²) in [6, 6.07) is 12.8. The summed E-state index contributed by atoms with van der Waals surface area (Å²) in [7, 11) is -3.21. The zero-order chi connectivity index (χ0) is 14.8. The largest absolute Gasteiger partial charge is 0.399 e. The molecule has 2 aromatic carbocycles. The van der Waals surface area contributed by atoms with Crippen LogP contribution in [-0.2, 0) is 21.3 Å². The molecular formula is C15H16BrNO2S. The SMILES string of the molecule is Cc1cccc(CS(=O)(=O)Cc2cc(N)cc(Br)c2)c1. The maximum atomic E-state index is 12.2. The fourth-order valence-corrected chi connectivity index (χ4v) is 4.14. The fraction of sp³-hybridized carbons (Fsp3) is 0.200. The molecule has 0 aliphatic rings. The van der Waals surface area contributed by atoms with Crippen molar-refractivity contribution in [2.45, 2.75) is 18.4 Å². The van der Waals surface area contributed by atoms with Gasteiger partial charge in [-0.1, -0.05) is 45.8 Å². The Morgan fingerprint density at radius 1 is 1.05 bits per heavy atom. The number of rotatable bonds is 4. The first kappa shape index (κ1) is 15.1. The summed E-state index contributed by atoms with van der Waals surface area (Å²) in [5.74, 6) is 0.0334. The van der Waals surface area contributed by atoms with Crippen LogP contribution in [0.15, 0.2) is 46.9 Å². The van der Waals surface area contributed by atoms with Gasteiger partial charge in [0.1, 0.15) is 0 Å². The molecule has 2 aromatic rings. The Labute approximate surface area is 127 Å². The molecule has 0 fully saturated rings. The monoisotopic (exact) mass is 353 g/mol. The molecule has 2 rings (SSSR count). The molecule has 0 saturated heterocycles. The van der Waals surface area contributed by atoms with Gasteiger partial charge >= 0.3 is 0 Å². The number of anilines is 1. The lowest BCUT2D eigenvalue weighted by Crippen LogP contribution is -2.08. The highest BCUT2D eigenvalue weighted by Gasteiger charge is 2.14. The van der Waals surface area contributed by atoms with Crippen LogP contribution in [0, 0.1) is 6.92 Å². The first-order chi connectivity index (χ1) is 9.34. The van der Waals surface area contributed by atoms with E-state index in [2.05, 4.69) is 15.9 Å². The van der Waals surface area contributed by atoms with Crippen LogP contribution in [0.2, 0.25) is 0 Å². The molecule has 0 saturated carbocycles. The number of hydrogen-bond acceptors (Lipinski definition) is 3. The Morgan fingerprint density at radius 3 is 2.40 bits per heavy atom. The molecule has 2 N–H and O–H groups in total. The number of nitrogen functional groups attached to an aromatic ring is 1. The molecule has 20 heavy (non-hydrogen) atoms. The Hall–Kier alpha value is -1.33. The van der Waals surface area contributed by atoms with Crippen molar-refractivity contribution >= 4 is 31.5 Å². The summed E-state index contributed by atoms with van der Waals surface area (Å²) >= 11 is 3.32. The summed E-state index contributed by atoms with van der Waals surface area (Å²) in [5, 5.41) is 0. The predicted molar refractivity (Wildman–Crippen MR) is 86.1 cm³/mol. The summed E-state index contributed by atoms with van der Waals surface area (Å²) in [5.41, 5.74) is 8.85. The van der Waals surface area contributed by atoms with Crippen molar-refractivity contribution in [3.05, 3.63) is 63.6 Å². The van der Waals surface area contributed by atoms with Crippen molar-refractivity contribution in [1.29, 1.82) is 0 Å². The highest BCUT2D eigenvalue weighted by molar-refractivity contribution is 9.10. The van der Waals surface area contributed by atoms with E-state index in [1.54, 1.807) is 18.2 Å². The Balaban J connectivity index is 2.19. The lowest BCUT2D eigenvalue weighted by molar-refractivity contribution is 0.594. The van der Waals surface area contributed by atoms with Gasteiger partial charge in [0.05, 0.1) is 11.5 Å². The van der Waals surface area contributed by atoms with Gasteiger partial charge in [-0.25, -0.2) is 8.42 Å². The molecule has 0 heterocycles. The van der Waals surface area contributed by atoms with Crippen LogP contribution < -0.4 is 5.73 Å². The predicted octanol–water partition coefficient (Wildman–Crippen LogP) is 3.45. The zero-order valence-electron chi connectivity index (χ0n) is 11.1. The second-order valence-electron chi connectivity index (χ2n) is 4.91. The van der Waals surface area contributed by atoms with Gasteiger partial charge in [0.25, 0.3) is 0 Å². The molecule has 3 nitrogen and oxygen atoms in total. The molecule has 0 aliphatic heterocycles. The van der Waals surface area contributed by atoms with Gasteiger partial charge in [-0.15, -0.1) is 0 Å². The third-order valence-corrected chi connectivity index (χ3v) is 4.84. The van der Waals surface area contributed by atoms with Crippen molar-refractivity contribution in [2.24, 2.45) is 0 Å². The minimum absolute atomic E-state index is 0.00934. The van der Waals surface area contributed by atoms with Crippen LogP contribution in [0.5, 0.6) is 0 Å². The molecule has 106 valence electrons. The second kappa shape index (κ2) is 5.97. The van der Waals surface area contributed by atoms with E-state index in [1.165, 1.54) is 0 Å². The van der Waals surface area contributed by atoms with E-state index in [0.717, 1.165) is 15.6 Å². The van der Waals surface area contributed by atoms with E-state index in [-0.39, 0.29) is 11.5 Å². The third-order valence-electron chi connectivity index (χ3n) is 2.84. The smallest absolute Gasteiger partial charge is 0.158 e. The first-order valence-corrected chi connectivity index (χ1v) is 8.76. The number of nitrogens with two attached hydrogens (primary N) is 1. The fourth-order valence-electron chi connectivity index (χ4n) is 2.12. The molecule has 0 aromatic heterocycles. The average Bonchev–Trinajstić information content (AvgIpc) is 2.25. The Kier molecular flexibility index (Phi) is 4.50. The van der Waals surface area contributed by atoms with Crippen LogP contribution in [0.25, 0.3) is 0 Å². The molecule has 5 heteroatoms. The second-order valence-corrected chi connectivity index (χ2v) is 7.89. The van der Waals surface area contributed by atoms with Crippen LogP contribution in [0.3, 0.4) is 0 Å². The van der Waals surface area contributed by atoms with Crippen LogP contribution in [0.4, 0.5) is 5.69 Å². The van der Waals surface area contributed by atoms with Crippen LogP contribution in [-0.4, -0.2) is 8.42 Å². The van der Waals surface area contributed by atoms with Crippen LogP contribution >= 0.6 is 15.9 Å². The van der Waals surface area contributed by atoms with Gasteiger partial charge in [0.15, 0.2) is 9.84 Å². The van der Waals surface area contributed by atoms with E-state index in [4.69, 9.17) is 5.73 Å². The number of halogens is 1. The third kappa shape index (κ3) is 4.35. The van der Waals surface area contributed by atoms with Crippen molar-refractivity contribution in [3.8, 4) is 0 Å². The molecular weight excluding hydrogens is 338 g/mol. The molecule has 0 unspecified atom stereocenters. The van der Waals surface area contributed by atoms with E-state index < -0.39 is 9.84 Å². The number of benzene rings is 2. The van der Waals surface area contributed by atoms with E-state index in [9.17, 15) is 8.42 Å². The molecule has 0 aliphatic carbocycles. The standard InChI is InChI=1S/C15H16BrNO2S/c1-11-3-2-4-12(5-11)9-20(18,19)10-13-6-14(16)8-15(17)7-13/h2-8H,9-10,17H2,1H3. The number of sulfone groups is 1. The van der Waals surface area contributed by atoms with Gasteiger partial charge < -0.3 is 5.73 Å². The van der Waals surface area contributed by atoms with Gasteiger partial charge in [0.2, 0.25) is 0 Å². The van der Waals surface area contributed by atoms with Gasteiger partial charge in [-0.2, -0.15) is 0 Å². The van der Waals surface area contributed by atoms with Crippen LogP contribution in [0.1, 0.15) is 16.7 Å². The number of hydrogen-bond donors (Lipinski definition) is 1. The molecule has 0 bridgehead atoms. The lowest BCUT2D eigenvalue weighted by atomic mass is 10.2. The van der Waals surface area contributed by atoms with E-state index in [1.807, 2.05) is 31.2 Å². The minimum atomic E-state index is -3.21. The topological polar surface area (TPSA) is 60.2 Å². The molecule has 0 radical (unpaired) electrons. The summed E-state index contributed by atoms with van der Waals surface area (Å²) < 4.78 is 25.3. The van der Waals surface area contributed by atoms with Crippen molar-refractivity contribution < 1.29 is 8.42 Å². The van der Waals surface area contributed by atoms with Crippen molar-refractivity contribution in [1.82, 2.24) is 0 Å². The Morgan fingerprint density at radius 2 is 1.75 bits per heavy atom. The van der Waals surface area contributed by atoms with Crippen molar-refractivity contribution in [2.75, 3.05) is 5.73 Å². The quantitative estimate of drug-likeness (QED) is 0.856. The van der Waals surface area contributed by atoms with Gasteiger partial charge in [0, 0.05) is 10.2 Å². The lowest BCUT2D eigenvalue weighted by Gasteiger charge is -2.07. The Bertz CT molecular complexity index is 706. The van der Waals surface area contributed by atoms with E-state index in [0.29, 0.717) is 11.3 Å².